The smallest absolute Gasteiger partial charge is 0.227 e. The Hall–Kier alpha value is -1.60. The molecule has 3 fully saturated rings. The van der Waals surface area contributed by atoms with E-state index >= 15 is 0 Å². The summed E-state index contributed by atoms with van der Waals surface area (Å²) in [6.45, 7) is 0.638. The minimum absolute atomic E-state index is 0.0344. The number of hydrogen-bond acceptors (Lipinski definition) is 4. The Balaban J connectivity index is 1.26. The zero-order chi connectivity index (χ0) is 19.6. The van der Waals surface area contributed by atoms with E-state index < -0.39 is 10.0 Å². The highest BCUT2D eigenvalue weighted by molar-refractivity contribution is 7.89. The standard InChI is InChI=1S/C21H30N2O4S/c24-21(16-6-10-18(11-7-16)23-14-3-15-28(23,25)26)22-17-8-12-20(13-9-17)27-19-4-1-2-5-19/h8-9,12-13,16,18-19H,1-7,10-11,14-15H2,(H,22,24). The minimum atomic E-state index is -3.07. The van der Waals surface area contributed by atoms with Gasteiger partial charge in [-0.1, -0.05) is 0 Å². The Morgan fingerprint density at radius 3 is 2.25 bits per heavy atom. The van der Waals surface area contributed by atoms with E-state index in [-0.39, 0.29) is 23.6 Å². The highest BCUT2D eigenvalue weighted by Gasteiger charge is 2.37. The Morgan fingerprint density at radius 1 is 0.964 bits per heavy atom. The van der Waals surface area contributed by atoms with Gasteiger partial charge in [-0.05, 0) is 82.1 Å². The van der Waals surface area contributed by atoms with Crippen molar-refractivity contribution in [3.8, 4) is 5.75 Å². The number of nitrogens with one attached hydrogen (secondary N) is 1. The minimum Gasteiger partial charge on any atom is -0.490 e. The molecular formula is C21H30N2O4S. The van der Waals surface area contributed by atoms with Gasteiger partial charge >= 0.3 is 0 Å². The van der Waals surface area contributed by atoms with Crippen LogP contribution in [0.2, 0.25) is 0 Å². The summed E-state index contributed by atoms with van der Waals surface area (Å²) < 4.78 is 31.8. The van der Waals surface area contributed by atoms with Gasteiger partial charge in [0.15, 0.2) is 0 Å². The van der Waals surface area contributed by atoms with Crippen molar-refractivity contribution in [2.45, 2.75) is 69.9 Å². The Bertz CT molecular complexity index is 779. The van der Waals surface area contributed by atoms with Crippen molar-refractivity contribution in [3.05, 3.63) is 24.3 Å². The number of benzene rings is 1. The van der Waals surface area contributed by atoms with Gasteiger partial charge in [-0.2, -0.15) is 4.31 Å². The van der Waals surface area contributed by atoms with Crippen LogP contribution in [0.1, 0.15) is 57.8 Å². The summed E-state index contributed by atoms with van der Waals surface area (Å²) >= 11 is 0. The number of ether oxygens (including phenoxy) is 1. The maximum absolute atomic E-state index is 12.6. The fourth-order valence-corrected chi connectivity index (χ4v) is 6.56. The van der Waals surface area contributed by atoms with E-state index in [9.17, 15) is 13.2 Å². The molecule has 0 unspecified atom stereocenters. The molecule has 2 aliphatic carbocycles. The average molecular weight is 407 g/mol. The number of anilines is 1. The number of nitrogens with zero attached hydrogens (tertiary/aromatic N) is 1. The maximum Gasteiger partial charge on any atom is 0.227 e. The summed E-state index contributed by atoms with van der Waals surface area (Å²) in [5.74, 6) is 1.12. The second kappa shape index (κ2) is 8.41. The van der Waals surface area contributed by atoms with Gasteiger partial charge in [-0.15, -0.1) is 0 Å². The molecule has 28 heavy (non-hydrogen) atoms. The Kier molecular flexibility index (Phi) is 5.92. The van der Waals surface area contributed by atoms with Crippen LogP contribution < -0.4 is 10.1 Å². The molecule has 154 valence electrons. The van der Waals surface area contributed by atoms with Gasteiger partial charge in [0, 0.05) is 24.2 Å². The van der Waals surface area contributed by atoms with Crippen LogP contribution >= 0.6 is 0 Å². The molecule has 0 radical (unpaired) electrons. The number of sulfonamides is 1. The third kappa shape index (κ3) is 4.51. The zero-order valence-electron chi connectivity index (χ0n) is 16.3. The van der Waals surface area contributed by atoms with Crippen LogP contribution in [0.15, 0.2) is 24.3 Å². The predicted octanol–water partition coefficient (Wildman–Crippen LogP) is 3.54. The van der Waals surface area contributed by atoms with Gasteiger partial charge in [0.2, 0.25) is 15.9 Å². The van der Waals surface area contributed by atoms with E-state index in [0.29, 0.717) is 12.6 Å². The van der Waals surface area contributed by atoms with Crippen molar-refractivity contribution in [2.24, 2.45) is 5.92 Å². The molecule has 1 aliphatic heterocycles. The molecular weight excluding hydrogens is 376 g/mol. The molecule has 2 saturated carbocycles. The monoisotopic (exact) mass is 406 g/mol. The SMILES string of the molecule is O=C(Nc1ccc(OC2CCCC2)cc1)C1CCC(N2CCCS2(=O)=O)CC1. The molecule has 1 aromatic carbocycles. The lowest BCUT2D eigenvalue weighted by atomic mass is 9.85. The molecule has 3 aliphatic rings. The fraction of sp³-hybridized carbons (Fsp3) is 0.667. The lowest BCUT2D eigenvalue weighted by Crippen LogP contribution is -2.40. The van der Waals surface area contributed by atoms with Crippen molar-refractivity contribution in [1.29, 1.82) is 0 Å². The van der Waals surface area contributed by atoms with Gasteiger partial charge < -0.3 is 10.1 Å². The average Bonchev–Trinajstić information content (AvgIpc) is 3.32. The van der Waals surface area contributed by atoms with E-state index in [1.807, 2.05) is 24.3 Å². The first-order valence-electron chi connectivity index (χ1n) is 10.6. The zero-order valence-corrected chi connectivity index (χ0v) is 17.1. The van der Waals surface area contributed by atoms with Crippen molar-refractivity contribution in [3.63, 3.8) is 0 Å². The van der Waals surface area contributed by atoms with Gasteiger partial charge in [0.1, 0.15) is 5.75 Å². The summed E-state index contributed by atoms with van der Waals surface area (Å²) in [7, 11) is -3.07. The van der Waals surface area contributed by atoms with Crippen molar-refractivity contribution in [1.82, 2.24) is 4.31 Å². The highest BCUT2D eigenvalue weighted by Crippen LogP contribution is 2.32. The van der Waals surface area contributed by atoms with Crippen LogP contribution in [0.4, 0.5) is 5.69 Å². The first-order valence-corrected chi connectivity index (χ1v) is 12.2. The predicted molar refractivity (Wildman–Crippen MR) is 109 cm³/mol. The first-order chi connectivity index (χ1) is 13.5. The van der Waals surface area contributed by atoms with Crippen molar-refractivity contribution >= 4 is 21.6 Å². The van der Waals surface area contributed by atoms with Crippen LogP contribution in [-0.2, 0) is 14.8 Å². The van der Waals surface area contributed by atoms with Gasteiger partial charge in [0.05, 0.1) is 11.9 Å². The summed E-state index contributed by atoms with van der Waals surface area (Å²) in [5.41, 5.74) is 0.785. The number of amides is 1. The maximum atomic E-state index is 12.6. The topological polar surface area (TPSA) is 75.7 Å². The first kappa shape index (κ1) is 19.7. The summed E-state index contributed by atoms with van der Waals surface area (Å²) in [6.07, 6.45) is 8.81. The molecule has 6 nitrogen and oxygen atoms in total. The van der Waals surface area contributed by atoms with E-state index in [2.05, 4.69) is 5.32 Å². The summed E-state index contributed by atoms with van der Waals surface area (Å²) in [6, 6.07) is 7.70. The van der Waals surface area contributed by atoms with Crippen molar-refractivity contribution in [2.75, 3.05) is 17.6 Å². The molecule has 0 bridgehead atoms. The molecule has 1 heterocycles. The van der Waals surface area contributed by atoms with Crippen LogP contribution in [0, 0.1) is 5.92 Å². The number of carbonyl (C=O) groups is 1. The quantitative estimate of drug-likeness (QED) is 0.811. The largest absolute Gasteiger partial charge is 0.490 e. The van der Waals surface area contributed by atoms with Crippen LogP contribution in [0.5, 0.6) is 5.75 Å². The summed E-state index contributed by atoms with van der Waals surface area (Å²) in [4.78, 5) is 12.6. The lowest BCUT2D eigenvalue weighted by molar-refractivity contribution is -0.121. The molecule has 1 aromatic rings. The number of rotatable bonds is 5. The van der Waals surface area contributed by atoms with Crippen LogP contribution in [0.3, 0.4) is 0 Å². The molecule has 1 amide bonds. The van der Waals surface area contributed by atoms with Crippen molar-refractivity contribution < 1.29 is 17.9 Å². The molecule has 0 atom stereocenters. The second-order valence-electron chi connectivity index (χ2n) is 8.32. The lowest BCUT2D eigenvalue weighted by Gasteiger charge is -2.33. The molecule has 0 spiro atoms. The molecule has 7 heteroatoms. The Morgan fingerprint density at radius 2 is 1.64 bits per heavy atom. The van der Waals surface area contributed by atoms with E-state index in [0.717, 1.165) is 56.4 Å². The fourth-order valence-electron chi connectivity index (χ4n) is 4.75. The van der Waals surface area contributed by atoms with E-state index in [4.69, 9.17) is 4.74 Å². The number of hydrogen-bond donors (Lipinski definition) is 1. The molecule has 4 rings (SSSR count). The molecule has 1 N–H and O–H groups in total. The third-order valence-corrected chi connectivity index (χ3v) is 8.34. The van der Waals surface area contributed by atoms with Crippen LogP contribution in [0.25, 0.3) is 0 Å². The Labute approximate surface area is 167 Å². The van der Waals surface area contributed by atoms with E-state index in [1.54, 1.807) is 4.31 Å². The normalized spacial score (nSPS) is 28.3. The van der Waals surface area contributed by atoms with Gasteiger partial charge in [0.25, 0.3) is 0 Å². The summed E-state index contributed by atoms with van der Waals surface area (Å²) in [5, 5.41) is 3.01. The third-order valence-electron chi connectivity index (χ3n) is 6.34. The van der Waals surface area contributed by atoms with Gasteiger partial charge in [-0.25, -0.2) is 8.42 Å². The van der Waals surface area contributed by atoms with Crippen LogP contribution in [-0.4, -0.2) is 43.1 Å². The number of carbonyl (C=O) groups excluding carboxylic acids is 1. The highest BCUT2D eigenvalue weighted by atomic mass is 32.2. The molecule has 1 saturated heterocycles. The molecule has 0 aromatic heterocycles. The van der Waals surface area contributed by atoms with E-state index in [1.165, 1.54) is 12.8 Å². The van der Waals surface area contributed by atoms with Gasteiger partial charge in [-0.3, -0.25) is 4.79 Å². The second-order valence-corrected chi connectivity index (χ2v) is 10.4.